The number of aryl methyl sites for hydroxylation is 1. The highest BCUT2D eigenvalue weighted by Crippen LogP contribution is 2.41. The molecule has 1 N–H and O–H groups in total. The van der Waals surface area contributed by atoms with Crippen molar-refractivity contribution in [3.8, 4) is 0 Å². The van der Waals surface area contributed by atoms with Crippen LogP contribution >= 0.6 is 11.6 Å². The molecule has 7 nitrogen and oxygen atoms in total. The van der Waals surface area contributed by atoms with Gasteiger partial charge in [0.1, 0.15) is 0 Å². The van der Waals surface area contributed by atoms with Crippen molar-refractivity contribution in [2.24, 2.45) is 0 Å². The van der Waals surface area contributed by atoms with Crippen LogP contribution in [0, 0.1) is 6.92 Å². The van der Waals surface area contributed by atoms with Crippen molar-refractivity contribution >= 4 is 29.2 Å². The first-order chi connectivity index (χ1) is 14.6. The molecule has 0 spiro atoms. The van der Waals surface area contributed by atoms with E-state index >= 15 is 0 Å². The van der Waals surface area contributed by atoms with Crippen LogP contribution in [0.3, 0.4) is 0 Å². The van der Waals surface area contributed by atoms with E-state index in [1.807, 2.05) is 29.8 Å². The molecule has 0 radical (unpaired) electrons. The quantitative estimate of drug-likeness (QED) is 0.760. The van der Waals surface area contributed by atoms with Crippen LogP contribution in [0.5, 0.6) is 0 Å². The first-order valence-electron chi connectivity index (χ1n) is 10.9. The largest absolute Gasteiger partial charge is 0.334 e. The second-order valence-electron chi connectivity index (χ2n) is 9.48. The number of piperazine rings is 1. The Bertz CT molecular complexity index is 998. The zero-order valence-electron chi connectivity index (χ0n) is 18.6. The van der Waals surface area contributed by atoms with Crippen LogP contribution in [0.1, 0.15) is 61.3 Å². The molecular weight excluding hydrogens is 414 g/mol. The number of nitrogens with one attached hydrogen (secondary N) is 1. The third-order valence-corrected chi connectivity index (χ3v) is 6.27. The van der Waals surface area contributed by atoms with Crippen LogP contribution in [0.15, 0.2) is 24.3 Å². The average Bonchev–Trinajstić information content (AvgIpc) is 3.47. The van der Waals surface area contributed by atoms with Gasteiger partial charge in [-0.2, -0.15) is 5.10 Å². The number of aromatic nitrogens is 2. The van der Waals surface area contributed by atoms with Gasteiger partial charge in [-0.1, -0.05) is 17.7 Å². The molecule has 1 saturated heterocycles. The fourth-order valence-electron chi connectivity index (χ4n) is 3.86. The topological polar surface area (TPSA) is 70.5 Å². The van der Waals surface area contributed by atoms with Crippen LogP contribution in [0.2, 0.25) is 5.02 Å². The maximum atomic E-state index is 13.1. The Morgan fingerprint density at radius 2 is 1.71 bits per heavy atom. The summed E-state index contributed by atoms with van der Waals surface area (Å²) in [5.41, 5.74) is 3.13. The van der Waals surface area contributed by atoms with Crippen molar-refractivity contribution in [2.75, 3.05) is 31.5 Å². The van der Waals surface area contributed by atoms with Gasteiger partial charge in [0.15, 0.2) is 5.69 Å². The summed E-state index contributed by atoms with van der Waals surface area (Å²) >= 11 is 6.14. The van der Waals surface area contributed by atoms with Gasteiger partial charge in [-0.05, 0) is 64.3 Å². The Morgan fingerprint density at radius 3 is 2.29 bits per heavy atom. The highest BCUT2D eigenvalue weighted by molar-refractivity contribution is 6.31. The molecule has 0 bridgehead atoms. The number of nitrogens with zero attached hydrogens (tertiary/aromatic N) is 4. The van der Waals surface area contributed by atoms with Gasteiger partial charge in [0.25, 0.3) is 5.91 Å². The van der Waals surface area contributed by atoms with Gasteiger partial charge in [-0.3, -0.25) is 9.48 Å². The van der Waals surface area contributed by atoms with Gasteiger partial charge >= 0.3 is 6.03 Å². The Kier molecular flexibility index (Phi) is 5.73. The van der Waals surface area contributed by atoms with Gasteiger partial charge in [0.2, 0.25) is 0 Å². The van der Waals surface area contributed by atoms with Gasteiger partial charge in [-0.15, -0.1) is 0 Å². The minimum atomic E-state index is -0.181. The number of carbonyl (C=O) groups excluding carboxylic acids is 2. The monoisotopic (exact) mass is 443 g/mol. The number of urea groups is 1. The summed E-state index contributed by atoms with van der Waals surface area (Å²) in [5.74, 6) is 0.458. The van der Waals surface area contributed by atoms with Crippen molar-refractivity contribution in [3.05, 3.63) is 46.2 Å². The number of rotatable bonds is 3. The summed E-state index contributed by atoms with van der Waals surface area (Å²) in [6.07, 6.45) is 2.32. The Hall–Kier alpha value is -2.54. The maximum absolute atomic E-state index is 13.1. The second kappa shape index (κ2) is 8.19. The van der Waals surface area contributed by atoms with E-state index in [-0.39, 0.29) is 17.5 Å². The van der Waals surface area contributed by atoms with E-state index in [1.165, 1.54) is 0 Å². The van der Waals surface area contributed by atoms with E-state index in [1.54, 1.807) is 15.9 Å². The van der Waals surface area contributed by atoms with E-state index in [2.05, 4.69) is 31.2 Å². The first kappa shape index (κ1) is 21.7. The third-order valence-electron chi connectivity index (χ3n) is 5.86. The molecule has 1 saturated carbocycles. The zero-order chi connectivity index (χ0) is 22.3. The highest BCUT2D eigenvalue weighted by atomic mass is 35.5. The summed E-state index contributed by atoms with van der Waals surface area (Å²) in [6, 6.07) is 7.24. The van der Waals surface area contributed by atoms with Crippen molar-refractivity contribution in [3.63, 3.8) is 0 Å². The molecule has 31 heavy (non-hydrogen) atoms. The average molecular weight is 444 g/mol. The number of carbonyl (C=O) groups is 2. The van der Waals surface area contributed by atoms with E-state index in [4.69, 9.17) is 11.6 Å². The summed E-state index contributed by atoms with van der Waals surface area (Å²) < 4.78 is 2.01. The maximum Gasteiger partial charge on any atom is 0.321 e. The number of hydrogen-bond acceptors (Lipinski definition) is 3. The molecule has 1 aliphatic carbocycles. The SMILES string of the molecule is Cc1ccc(NC(=O)N2CCN(C(=O)c3cc(C4CC4)n(C(C)(C)C)n3)CC2)cc1Cl. The Balaban J connectivity index is 1.38. The minimum absolute atomic E-state index is 0.0599. The lowest BCUT2D eigenvalue weighted by molar-refractivity contribution is 0.0664. The Labute approximate surface area is 188 Å². The molecule has 0 atom stereocenters. The molecule has 1 aliphatic heterocycles. The smallest absolute Gasteiger partial charge is 0.321 e. The molecule has 3 amide bonds. The van der Waals surface area contributed by atoms with Crippen LogP contribution < -0.4 is 5.32 Å². The molecule has 2 aliphatic rings. The normalized spacial score (nSPS) is 17.1. The predicted molar refractivity (Wildman–Crippen MR) is 122 cm³/mol. The molecule has 4 rings (SSSR count). The molecule has 2 aromatic rings. The fourth-order valence-corrected chi connectivity index (χ4v) is 4.04. The minimum Gasteiger partial charge on any atom is -0.334 e. The van der Waals surface area contributed by atoms with E-state index in [9.17, 15) is 9.59 Å². The van der Waals surface area contributed by atoms with Gasteiger partial charge < -0.3 is 15.1 Å². The molecule has 2 heterocycles. The lowest BCUT2D eigenvalue weighted by Gasteiger charge is -2.34. The van der Waals surface area contributed by atoms with Crippen molar-refractivity contribution in [2.45, 2.75) is 52.0 Å². The zero-order valence-corrected chi connectivity index (χ0v) is 19.4. The van der Waals surface area contributed by atoms with Crippen molar-refractivity contribution < 1.29 is 9.59 Å². The van der Waals surface area contributed by atoms with Gasteiger partial charge in [0.05, 0.1) is 5.54 Å². The van der Waals surface area contributed by atoms with Crippen molar-refractivity contribution in [1.29, 1.82) is 0 Å². The summed E-state index contributed by atoms with van der Waals surface area (Å²) in [5, 5.41) is 8.17. The molecule has 8 heteroatoms. The van der Waals surface area contributed by atoms with Crippen LogP contribution in [0.25, 0.3) is 0 Å². The van der Waals surface area contributed by atoms with E-state index in [0.717, 1.165) is 24.1 Å². The number of halogens is 1. The van der Waals surface area contributed by atoms with Crippen LogP contribution in [0.4, 0.5) is 10.5 Å². The number of amides is 3. The summed E-state index contributed by atoms with van der Waals surface area (Å²) in [7, 11) is 0. The molecule has 166 valence electrons. The molecule has 1 aromatic carbocycles. The Morgan fingerprint density at radius 1 is 1.06 bits per heavy atom. The van der Waals surface area contributed by atoms with E-state index in [0.29, 0.717) is 48.5 Å². The van der Waals surface area contributed by atoms with Gasteiger partial charge in [0, 0.05) is 48.5 Å². The highest BCUT2D eigenvalue weighted by Gasteiger charge is 2.34. The fraction of sp³-hybridized carbons (Fsp3) is 0.522. The molecular formula is C23H30ClN5O2. The molecule has 0 unspecified atom stereocenters. The van der Waals surface area contributed by atoms with Gasteiger partial charge in [-0.25, -0.2) is 4.79 Å². The van der Waals surface area contributed by atoms with Crippen LogP contribution in [-0.2, 0) is 5.54 Å². The second-order valence-corrected chi connectivity index (χ2v) is 9.89. The lowest BCUT2D eigenvalue weighted by Crippen LogP contribution is -2.51. The standard InChI is InChI=1S/C23H30ClN5O2/c1-15-5-8-17(13-18(15)24)25-22(31)28-11-9-27(10-12-28)21(30)19-14-20(16-6-7-16)29(26-19)23(2,3)4/h5,8,13-14,16H,6-7,9-12H2,1-4H3,(H,25,31). The molecule has 1 aromatic heterocycles. The number of benzene rings is 1. The predicted octanol–water partition coefficient (Wildman–Crippen LogP) is 4.47. The summed E-state index contributed by atoms with van der Waals surface area (Å²) in [6.45, 7) is 10.2. The number of anilines is 1. The van der Waals surface area contributed by atoms with Crippen LogP contribution in [-0.4, -0.2) is 57.7 Å². The summed E-state index contributed by atoms with van der Waals surface area (Å²) in [4.78, 5) is 29.2. The lowest BCUT2D eigenvalue weighted by atomic mass is 10.1. The molecule has 2 fully saturated rings. The van der Waals surface area contributed by atoms with E-state index < -0.39 is 0 Å². The van der Waals surface area contributed by atoms with Crippen molar-refractivity contribution in [1.82, 2.24) is 19.6 Å². The third kappa shape index (κ3) is 4.71. The number of hydrogen-bond donors (Lipinski definition) is 1. The first-order valence-corrected chi connectivity index (χ1v) is 11.2.